The minimum absolute atomic E-state index is 0.183. The van der Waals surface area contributed by atoms with Crippen LogP contribution in [0.1, 0.15) is 69.4 Å². The van der Waals surface area contributed by atoms with Crippen LogP contribution in [0.25, 0.3) is 0 Å². The first-order valence-corrected chi connectivity index (χ1v) is 9.68. The van der Waals surface area contributed by atoms with Crippen molar-refractivity contribution in [3.63, 3.8) is 0 Å². The van der Waals surface area contributed by atoms with Crippen molar-refractivity contribution in [3.8, 4) is 0 Å². The number of benzene rings is 1. The molecule has 148 valence electrons. The maximum Gasteiger partial charge on any atom is 0.494 e. The number of hydrogen-bond donors (Lipinski definition) is 1. The quantitative estimate of drug-likeness (QED) is 0.614. The first-order chi connectivity index (χ1) is 13.0. The number of nitrogens with zero attached hydrogens (tertiary/aromatic N) is 1. The van der Waals surface area contributed by atoms with Crippen molar-refractivity contribution in [2.24, 2.45) is 0 Å². The molecule has 0 radical (unpaired) electrons. The van der Waals surface area contributed by atoms with E-state index in [-0.39, 0.29) is 24.3 Å². The number of fused-ring (bicyclic) bond motifs is 1. The summed E-state index contributed by atoms with van der Waals surface area (Å²) in [6.45, 7) is 9.89. The van der Waals surface area contributed by atoms with Gasteiger partial charge in [0.05, 0.1) is 17.2 Å². The predicted molar refractivity (Wildman–Crippen MR) is 103 cm³/mol. The maximum absolute atomic E-state index is 13.0. The van der Waals surface area contributed by atoms with Crippen molar-refractivity contribution in [2.45, 2.75) is 70.7 Å². The van der Waals surface area contributed by atoms with Gasteiger partial charge < -0.3 is 14.2 Å². The molecular weight excluding hydrogens is 359 g/mol. The van der Waals surface area contributed by atoms with E-state index in [0.717, 1.165) is 11.0 Å². The Morgan fingerprint density at radius 1 is 1.11 bits per heavy atom. The second kappa shape index (κ2) is 6.16. The van der Waals surface area contributed by atoms with Crippen LogP contribution in [0.5, 0.6) is 0 Å². The standard InChI is InChI=1S/C20H25BN2O5/c1-11-14-10-12(21-27-19(2,3)20(4,5)28-21)6-7-13(14)18(26)23(11)15-8-9-16(24)22-17(15)25/h6-7,10-11,15H,8-9H2,1-5H3,(H,22,24,25). The Hall–Kier alpha value is -2.19. The number of nitrogens with one attached hydrogen (secondary N) is 1. The van der Waals surface area contributed by atoms with Crippen LogP contribution in [0.2, 0.25) is 0 Å². The Kier molecular flexibility index (Phi) is 4.21. The summed E-state index contributed by atoms with van der Waals surface area (Å²) in [4.78, 5) is 38.3. The molecule has 8 heteroatoms. The molecule has 2 saturated heterocycles. The summed E-state index contributed by atoms with van der Waals surface area (Å²) in [6.07, 6.45) is 0.585. The highest BCUT2D eigenvalue weighted by molar-refractivity contribution is 6.62. The van der Waals surface area contributed by atoms with Gasteiger partial charge in [-0.3, -0.25) is 19.7 Å². The van der Waals surface area contributed by atoms with Crippen molar-refractivity contribution in [3.05, 3.63) is 29.3 Å². The molecule has 0 aromatic heterocycles. The molecule has 1 N–H and O–H groups in total. The monoisotopic (exact) mass is 384 g/mol. The highest BCUT2D eigenvalue weighted by Crippen LogP contribution is 2.39. The molecule has 4 rings (SSSR count). The molecular formula is C20H25BN2O5. The van der Waals surface area contributed by atoms with Crippen molar-refractivity contribution in [2.75, 3.05) is 0 Å². The lowest BCUT2D eigenvalue weighted by Gasteiger charge is -2.32. The zero-order chi connectivity index (χ0) is 20.4. The van der Waals surface area contributed by atoms with Crippen LogP contribution in [-0.4, -0.2) is 47.0 Å². The lowest BCUT2D eigenvalue weighted by atomic mass is 9.77. The largest absolute Gasteiger partial charge is 0.494 e. The third-order valence-corrected chi connectivity index (χ3v) is 6.48. The van der Waals surface area contributed by atoms with Gasteiger partial charge >= 0.3 is 7.12 Å². The van der Waals surface area contributed by atoms with Crippen LogP contribution < -0.4 is 10.8 Å². The van der Waals surface area contributed by atoms with E-state index in [2.05, 4.69) is 5.32 Å². The Morgan fingerprint density at radius 2 is 1.75 bits per heavy atom. The average molecular weight is 384 g/mol. The second-order valence-electron chi connectivity index (χ2n) is 8.79. The van der Waals surface area contributed by atoms with Crippen LogP contribution in [0, 0.1) is 0 Å². The first-order valence-electron chi connectivity index (χ1n) is 9.68. The minimum atomic E-state index is -0.632. The number of piperidine rings is 1. The zero-order valence-corrected chi connectivity index (χ0v) is 16.9. The van der Waals surface area contributed by atoms with Crippen molar-refractivity contribution in [1.29, 1.82) is 0 Å². The van der Waals surface area contributed by atoms with Gasteiger partial charge in [0.1, 0.15) is 6.04 Å². The van der Waals surface area contributed by atoms with E-state index in [4.69, 9.17) is 9.31 Å². The Balaban J connectivity index is 1.62. The van der Waals surface area contributed by atoms with E-state index >= 15 is 0 Å². The molecule has 2 fully saturated rings. The second-order valence-corrected chi connectivity index (χ2v) is 8.79. The molecule has 0 aliphatic carbocycles. The Bertz CT molecular complexity index is 865. The lowest BCUT2D eigenvalue weighted by Crippen LogP contribution is -2.53. The highest BCUT2D eigenvalue weighted by Gasteiger charge is 2.52. The summed E-state index contributed by atoms with van der Waals surface area (Å²) in [6, 6.07) is 4.66. The summed E-state index contributed by atoms with van der Waals surface area (Å²) < 4.78 is 12.2. The highest BCUT2D eigenvalue weighted by atomic mass is 16.7. The molecule has 1 aromatic carbocycles. The molecule has 3 aliphatic heterocycles. The number of imide groups is 1. The van der Waals surface area contributed by atoms with Crippen LogP contribution in [0.3, 0.4) is 0 Å². The fraction of sp³-hybridized carbons (Fsp3) is 0.550. The van der Waals surface area contributed by atoms with E-state index in [1.807, 2.05) is 46.8 Å². The fourth-order valence-electron chi connectivity index (χ4n) is 4.07. The van der Waals surface area contributed by atoms with Gasteiger partial charge in [0.2, 0.25) is 11.8 Å². The SMILES string of the molecule is CC1c2cc(B3OC(C)(C)C(C)(C)O3)ccc2C(=O)N1C1CCC(=O)NC1=O. The topological polar surface area (TPSA) is 84.9 Å². The molecule has 3 amide bonds. The Morgan fingerprint density at radius 3 is 2.36 bits per heavy atom. The lowest BCUT2D eigenvalue weighted by molar-refractivity contribution is -0.137. The molecule has 28 heavy (non-hydrogen) atoms. The molecule has 2 unspecified atom stereocenters. The molecule has 1 aromatic rings. The molecule has 7 nitrogen and oxygen atoms in total. The van der Waals surface area contributed by atoms with E-state index < -0.39 is 30.3 Å². The van der Waals surface area contributed by atoms with Crippen molar-refractivity contribution >= 4 is 30.3 Å². The summed E-state index contributed by atoms with van der Waals surface area (Å²) in [5, 5.41) is 2.34. The third kappa shape index (κ3) is 2.78. The van der Waals surface area contributed by atoms with Gasteiger partial charge in [-0.15, -0.1) is 0 Å². The number of rotatable bonds is 2. The van der Waals surface area contributed by atoms with E-state index in [1.165, 1.54) is 0 Å². The summed E-state index contributed by atoms with van der Waals surface area (Å²) in [5.41, 5.74) is 1.38. The Labute approximate surface area is 164 Å². The van der Waals surface area contributed by atoms with Crippen LogP contribution in [0.4, 0.5) is 0 Å². The summed E-state index contributed by atoms with van der Waals surface area (Å²) >= 11 is 0. The maximum atomic E-state index is 13.0. The molecule has 2 atom stereocenters. The van der Waals surface area contributed by atoms with Crippen LogP contribution in [-0.2, 0) is 18.9 Å². The molecule has 0 saturated carbocycles. The normalized spacial score (nSPS) is 28.5. The number of hydrogen-bond acceptors (Lipinski definition) is 5. The van der Waals surface area contributed by atoms with Gasteiger partial charge in [0.25, 0.3) is 5.91 Å². The fourth-order valence-corrected chi connectivity index (χ4v) is 4.07. The number of carbonyl (C=O) groups is 3. The van der Waals surface area contributed by atoms with Crippen molar-refractivity contribution < 1.29 is 23.7 Å². The third-order valence-electron chi connectivity index (χ3n) is 6.48. The van der Waals surface area contributed by atoms with Gasteiger partial charge in [0, 0.05) is 12.0 Å². The summed E-state index contributed by atoms with van der Waals surface area (Å²) in [7, 11) is -0.512. The molecule has 3 aliphatic rings. The summed E-state index contributed by atoms with van der Waals surface area (Å²) in [5.74, 6) is -0.881. The van der Waals surface area contributed by atoms with E-state index in [9.17, 15) is 14.4 Å². The molecule has 0 bridgehead atoms. The van der Waals surface area contributed by atoms with Gasteiger partial charge in [-0.25, -0.2) is 0 Å². The van der Waals surface area contributed by atoms with Gasteiger partial charge in [0.15, 0.2) is 0 Å². The van der Waals surface area contributed by atoms with Gasteiger partial charge in [-0.2, -0.15) is 0 Å². The van der Waals surface area contributed by atoms with Crippen molar-refractivity contribution in [1.82, 2.24) is 10.2 Å². The number of amides is 3. The van der Waals surface area contributed by atoms with Crippen LogP contribution in [0.15, 0.2) is 18.2 Å². The predicted octanol–water partition coefficient (Wildman–Crippen LogP) is 1.31. The van der Waals surface area contributed by atoms with Gasteiger partial charge in [-0.1, -0.05) is 12.1 Å². The first kappa shape index (κ1) is 19.1. The average Bonchev–Trinajstić information content (AvgIpc) is 2.98. The smallest absolute Gasteiger partial charge is 0.399 e. The molecule has 0 spiro atoms. The molecule has 3 heterocycles. The van der Waals surface area contributed by atoms with E-state index in [1.54, 1.807) is 11.0 Å². The van der Waals surface area contributed by atoms with E-state index in [0.29, 0.717) is 12.0 Å². The minimum Gasteiger partial charge on any atom is -0.399 e. The number of carbonyl (C=O) groups excluding carboxylic acids is 3. The van der Waals surface area contributed by atoms with Crippen LogP contribution >= 0.6 is 0 Å². The zero-order valence-electron chi connectivity index (χ0n) is 16.9. The van der Waals surface area contributed by atoms with Gasteiger partial charge in [-0.05, 0) is 58.1 Å².